The maximum absolute atomic E-state index is 13.3. The Morgan fingerprint density at radius 1 is 1.12 bits per heavy atom. The summed E-state index contributed by atoms with van der Waals surface area (Å²) in [6.45, 7) is 3.77. The number of halogens is 1. The number of nitrogens with zero attached hydrogens (tertiary/aromatic N) is 2. The Morgan fingerprint density at radius 3 is 2.46 bits per heavy atom. The van der Waals surface area contributed by atoms with Crippen LogP contribution in [0.25, 0.3) is 0 Å². The molecule has 0 spiro atoms. The van der Waals surface area contributed by atoms with Crippen molar-refractivity contribution in [2.75, 3.05) is 4.90 Å². The van der Waals surface area contributed by atoms with Gasteiger partial charge in [-0.2, -0.15) is 0 Å². The Hall–Kier alpha value is -2.15. The number of aryl methyl sites for hydroxylation is 2. The normalized spacial score (nSPS) is 27.8. The van der Waals surface area contributed by atoms with Gasteiger partial charge in [0.25, 0.3) is 5.56 Å². The van der Waals surface area contributed by atoms with Crippen molar-refractivity contribution in [2.24, 2.45) is 13.0 Å². The molecule has 6 nitrogen and oxygen atoms in total. The van der Waals surface area contributed by atoms with Crippen LogP contribution in [0, 0.1) is 12.8 Å². The monoisotopic (exact) mass is 372 g/mol. The molecule has 136 valence electrons. The molecule has 2 aliphatic heterocycles. The minimum absolute atomic E-state index is 0.0286. The highest BCUT2D eigenvalue weighted by molar-refractivity contribution is 6.30. The van der Waals surface area contributed by atoms with Gasteiger partial charge in [-0.3, -0.25) is 20.4 Å². The number of amides is 1. The van der Waals surface area contributed by atoms with Crippen molar-refractivity contribution in [3.63, 3.8) is 0 Å². The summed E-state index contributed by atoms with van der Waals surface area (Å²) in [6, 6.07) is 9.17. The molecule has 2 aliphatic rings. The van der Waals surface area contributed by atoms with Crippen LogP contribution in [0.15, 0.2) is 41.3 Å². The number of pyridine rings is 1. The van der Waals surface area contributed by atoms with Crippen molar-refractivity contribution in [2.45, 2.75) is 32.0 Å². The minimum Gasteiger partial charge on any atom is -0.316 e. The molecule has 2 saturated heterocycles. The van der Waals surface area contributed by atoms with Crippen molar-refractivity contribution in [3.05, 3.63) is 63.0 Å². The van der Waals surface area contributed by atoms with Gasteiger partial charge < -0.3 is 9.47 Å². The van der Waals surface area contributed by atoms with E-state index in [1.165, 1.54) is 4.57 Å². The molecule has 4 atom stereocenters. The molecule has 2 aromatic rings. The van der Waals surface area contributed by atoms with E-state index in [0.29, 0.717) is 10.6 Å². The quantitative estimate of drug-likeness (QED) is 0.845. The Kier molecular flexibility index (Phi) is 4.14. The van der Waals surface area contributed by atoms with E-state index in [4.69, 9.17) is 11.6 Å². The molecule has 26 heavy (non-hydrogen) atoms. The minimum atomic E-state index is -0.181. The average molecular weight is 373 g/mol. The van der Waals surface area contributed by atoms with E-state index in [2.05, 4.69) is 10.9 Å². The summed E-state index contributed by atoms with van der Waals surface area (Å²) in [5, 5.41) is 0.657. The molecule has 3 heterocycles. The summed E-state index contributed by atoms with van der Waals surface area (Å²) < 4.78 is 1.53. The topological polar surface area (TPSA) is 66.4 Å². The summed E-state index contributed by atoms with van der Waals surface area (Å²) in [4.78, 5) is 27.2. The lowest BCUT2D eigenvalue weighted by molar-refractivity contribution is -0.120. The van der Waals surface area contributed by atoms with Crippen LogP contribution in [-0.4, -0.2) is 22.6 Å². The second kappa shape index (κ2) is 6.23. The highest BCUT2D eigenvalue weighted by atomic mass is 35.5. The van der Waals surface area contributed by atoms with E-state index in [0.717, 1.165) is 11.3 Å². The van der Waals surface area contributed by atoms with Crippen molar-refractivity contribution in [1.29, 1.82) is 0 Å². The number of hydrogen-bond acceptors (Lipinski definition) is 4. The van der Waals surface area contributed by atoms with E-state index in [1.54, 1.807) is 26.2 Å². The highest BCUT2D eigenvalue weighted by Crippen LogP contribution is 2.43. The van der Waals surface area contributed by atoms with Gasteiger partial charge in [-0.25, -0.2) is 0 Å². The molecular formula is C19H21ClN4O2. The number of fused-ring (bicyclic) bond motifs is 1. The van der Waals surface area contributed by atoms with Gasteiger partial charge in [0.05, 0.1) is 23.7 Å². The molecule has 3 unspecified atom stereocenters. The third-order valence-corrected chi connectivity index (χ3v) is 5.63. The smallest absolute Gasteiger partial charge is 0.253 e. The number of anilines is 1. The zero-order valence-corrected chi connectivity index (χ0v) is 15.6. The van der Waals surface area contributed by atoms with Crippen molar-refractivity contribution in [3.8, 4) is 0 Å². The van der Waals surface area contributed by atoms with Gasteiger partial charge in [0.2, 0.25) is 5.91 Å². The van der Waals surface area contributed by atoms with Gasteiger partial charge in [0.15, 0.2) is 0 Å². The second-order valence-corrected chi connectivity index (χ2v) is 7.57. The number of benzene rings is 1. The number of carbonyl (C=O) groups is 1. The van der Waals surface area contributed by atoms with E-state index in [1.807, 2.05) is 36.1 Å². The fourth-order valence-corrected chi connectivity index (χ4v) is 4.24. The van der Waals surface area contributed by atoms with Gasteiger partial charge in [-0.05, 0) is 37.6 Å². The number of aromatic nitrogens is 1. The molecule has 1 amide bonds. The Balaban J connectivity index is 1.86. The molecule has 1 aromatic heterocycles. The first-order valence-electron chi connectivity index (χ1n) is 8.65. The Morgan fingerprint density at radius 2 is 1.81 bits per heavy atom. The number of hydrazine groups is 1. The number of rotatable bonds is 2. The van der Waals surface area contributed by atoms with E-state index < -0.39 is 0 Å². The average Bonchev–Trinajstić information content (AvgIpc) is 3.12. The van der Waals surface area contributed by atoms with Crippen LogP contribution in [0.5, 0.6) is 0 Å². The molecule has 4 rings (SSSR count). The van der Waals surface area contributed by atoms with Gasteiger partial charge in [-0.1, -0.05) is 23.7 Å². The van der Waals surface area contributed by atoms with E-state index >= 15 is 0 Å². The van der Waals surface area contributed by atoms with E-state index in [-0.39, 0.29) is 35.5 Å². The summed E-state index contributed by atoms with van der Waals surface area (Å²) in [5.41, 5.74) is 8.77. The third kappa shape index (κ3) is 2.57. The van der Waals surface area contributed by atoms with Crippen LogP contribution < -0.4 is 21.3 Å². The molecule has 0 radical (unpaired) electrons. The molecular weight excluding hydrogens is 352 g/mol. The Labute approximate surface area is 156 Å². The summed E-state index contributed by atoms with van der Waals surface area (Å²) in [5.74, 6) is -0.119. The maximum Gasteiger partial charge on any atom is 0.253 e. The van der Waals surface area contributed by atoms with Gasteiger partial charge in [0.1, 0.15) is 0 Å². The fraction of sp³-hybridized carbons (Fsp3) is 0.368. The first-order chi connectivity index (χ1) is 12.4. The molecule has 0 bridgehead atoms. The molecule has 7 heteroatoms. The van der Waals surface area contributed by atoms with Gasteiger partial charge >= 0.3 is 0 Å². The van der Waals surface area contributed by atoms with E-state index in [9.17, 15) is 9.59 Å². The van der Waals surface area contributed by atoms with Crippen molar-refractivity contribution >= 4 is 23.2 Å². The highest BCUT2D eigenvalue weighted by Gasteiger charge is 2.54. The lowest BCUT2D eigenvalue weighted by atomic mass is 9.92. The summed E-state index contributed by atoms with van der Waals surface area (Å²) in [6.07, 6.45) is 1.73. The largest absolute Gasteiger partial charge is 0.316 e. The number of carbonyl (C=O) groups excluding carboxylic acids is 1. The predicted molar refractivity (Wildman–Crippen MR) is 101 cm³/mol. The zero-order valence-electron chi connectivity index (χ0n) is 14.9. The lowest BCUT2D eigenvalue weighted by Crippen LogP contribution is -2.41. The number of nitrogens with one attached hydrogen (secondary N) is 2. The SMILES string of the molecule is Cc1cc(N2C(=O)C3C(C)NNC3[C@H]2c2ccc(Cl)cc2)cn(C)c1=O. The maximum atomic E-state index is 13.3. The lowest BCUT2D eigenvalue weighted by Gasteiger charge is -2.29. The standard InChI is InChI=1S/C19H21ClN4O2/c1-10-8-14(9-23(3)18(10)25)24-17(12-4-6-13(20)7-5-12)16-15(19(24)26)11(2)21-22-16/h4-9,11,15-17,21-22H,1-3H3/t11?,15?,16?,17-/m1/s1. The molecule has 2 N–H and O–H groups in total. The molecule has 0 saturated carbocycles. The first kappa shape index (κ1) is 17.3. The predicted octanol–water partition coefficient (Wildman–Crippen LogP) is 1.92. The van der Waals surface area contributed by atoms with Gasteiger partial charge in [-0.15, -0.1) is 0 Å². The van der Waals surface area contributed by atoms with Gasteiger partial charge in [0, 0.05) is 29.9 Å². The van der Waals surface area contributed by atoms with Crippen LogP contribution in [0.4, 0.5) is 5.69 Å². The first-order valence-corrected chi connectivity index (χ1v) is 9.03. The summed E-state index contributed by atoms with van der Waals surface area (Å²) in [7, 11) is 1.71. The Bertz CT molecular complexity index is 898. The van der Waals surface area contributed by atoms with Crippen LogP contribution >= 0.6 is 11.6 Å². The van der Waals surface area contributed by atoms with Crippen molar-refractivity contribution < 1.29 is 4.79 Å². The molecule has 2 fully saturated rings. The fourth-order valence-electron chi connectivity index (χ4n) is 4.11. The summed E-state index contributed by atoms with van der Waals surface area (Å²) >= 11 is 6.05. The third-order valence-electron chi connectivity index (χ3n) is 5.38. The van der Waals surface area contributed by atoms with Crippen LogP contribution in [-0.2, 0) is 11.8 Å². The molecule has 0 aliphatic carbocycles. The number of hydrogen-bond donors (Lipinski definition) is 2. The van der Waals surface area contributed by atoms with Crippen LogP contribution in [0.3, 0.4) is 0 Å². The second-order valence-electron chi connectivity index (χ2n) is 7.13. The zero-order chi connectivity index (χ0) is 18.6. The van der Waals surface area contributed by atoms with Crippen molar-refractivity contribution in [1.82, 2.24) is 15.4 Å². The van der Waals surface area contributed by atoms with Crippen LogP contribution in [0.1, 0.15) is 24.1 Å². The molecule has 1 aromatic carbocycles. The van der Waals surface area contributed by atoms with Crippen LogP contribution in [0.2, 0.25) is 5.02 Å².